The van der Waals surface area contributed by atoms with E-state index in [0.29, 0.717) is 33.1 Å². The van der Waals surface area contributed by atoms with E-state index in [4.69, 9.17) is 32.7 Å². The van der Waals surface area contributed by atoms with Crippen LogP contribution in [0.25, 0.3) is 0 Å². The van der Waals surface area contributed by atoms with Crippen LogP contribution in [0.5, 0.6) is 11.5 Å². The van der Waals surface area contributed by atoms with Crippen molar-refractivity contribution >= 4 is 52.4 Å². The number of fused-ring (bicyclic) bond motifs is 3. The number of nitrogens with zero attached hydrogens (tertiary/aromatic N) is 4. The summed E-state index contributed by atoms with van der Waals surface area (Å²) in [4.78, 5) is 34.8. The first-order chi connectivity index (χ1) is 24.0. The van der Waals surface area contributed by atoms with Gasteiger partial charge < -0.3 is 24.1 Å². The van der Waals surface area contributed by atoms with Crippen LogP contribution >= 0.6 is 34.5 Å². The number of carboxylic acids is 1. The Hall–Kier alpha value is -4.24. The molecule has 11 nitrogen and oxygen atoms in total. The van der Waals surface area contributed by atoms with E-state index >= 15 is 0 Å². The first kappa shape index (κ1) is 35.6. The third-order valence-electron chi connectivity index (χ3n) is 8.96. The zero-order chi connectivity index (χ0) is 35.5. The molecule has 2 bridgehead atoms. The Balaban J connectivity index is 1.40. The normalized spacial score (nSPS) is 18.9. The average Bonchev–Trinajstić information content (AvgIpc) is 3.52. The number of carbonyl (C=O) groups is 2. The lowest BCUT2D eigenvalue weighted by Crippen LogP contribution is -2.53. The molecule has 7 rings (SSSR count). The number of carboxylic acid groups (broad SMARTS) is 1. The van der Waals surface area contributed by atoms with E-state index < -0.39 is 24.6 Å². The Labute approximate surface area is 300 Å². The van der Waals surface area contributed by atoms with Gasteiger partial charge in [-0.25, -0.2) is 9.78 Å². The van der Waals surface area contributed by atoms with E-state index in [0.717, 1.165) is 37.3 Å². The molecule has 0 spiro atoms. The standard InChI is InChI=1S/C34H32Cl2F2N4O7S/c1-47-28-12-20(5-6-27(28)48-33(37)38)22(14-24-25(35)16-41(46)17-26(24)36)23-13-21(50-31(23)32(43)44)15-42(30-4-2-3-9-39-30)34(45)49-29-18-40-10-7-19(29)8-11-40/h2-6,9,12-13,16-17,19,22,29,33H,7-8,10-11,14-15,18H2,1H3,(H-,43,44,46)/t22-,29-/m0/s1. The number of hydrogen-bond donors (Lipinski definition) is 1. The minimum atomic E-state index is -3.11. The predicted octanol–water partition coefficient (Wildman–Crippen LogP) is 5.56. The number of rotatable bonds is 12. The third kappa shape index (κ3) is 7.88. The molecule has 1 aromatic carbocycles. The fraction of sp³-hybridized carbons (Fsp3) is 0.353. The number of aromatic nitrogens is 2. The number of methoxy groups -OCH3 is 1. The number of hydrogen-bond acceptors (Lipinski definition) is 10. The number of anilines is 1. The largest absolute Gasteiger partial charge is 0.544 e. The molecule has 1 N–H and O–H groups in total. The highest BCUT2D eigenvalue weighted by molar-refractivity contribution is 7.14. The summed E-state index contributed by atoms with van der Waals surface area (Å²) in [6.45, 7) is -0.586. The summed E-state index contributed by atoms with van der Waals surface area (Å²) in [6.07, 6.45) is 5.02. The van der Waals surface area contributed by atoms with Crippen LogP contribution in [-0.4, -0.2) is 66.6 Å². The van der Waals surface area contributed by atoms with Crippen molar-refractivity contribution < 1.29 is 47.6 Å². The van der Waals surface area contributed by atoms with Crippen molar-refractivity contribution in [3.8, 4) is 11.5 Å². The lowest BCUT2D eigenvalue weighted by atomic mass is 9.85. The lowest BCUT2D eigenvalue weighted by Gasteiger charge is -2.44. The van der Waals surface area contributed by atoms with Crippen molar-refractivity contribution in [3.05, 3.63) is 97.5 Å². The minimum absolute atomic E-state index is 0.0126. The molecule has 16 heteroatoms. The SMILES string of the molecule is COc1cc([C@H](Cc2c(Cl)c[n+](O)cc2Cl)c2cc(CN(C(=O)O[C@H]3CN4CCC3CC4)c3ccccn3)sc2C(=O)[O-])ccc1OC(F)F. The molecule has 50 heavy (non-hydrogen) atoms. The Morgan fingerprint density at radius 2 is 1.88 bits per heavy atom. The quantitative estimate of drug-likeness (QED) is 0.146. The van der Waals surface area contributed by atoms with Gasteiger partial charge in [0.05, 0.1) is 24.5 Å². The number of halogens is 4. The molecular formula is C34H32Cl2F2N4O7S. The molecule has 6 heterocycles. The molecule has 3 aromatic heterocycles. The van der Waals surface area contributed by atoms with E-state index in [9.17, 15) is 28.7 Å². The van der Waals surface area contributed by atoms with E-state index in [1.807, 2.05) is 0 Å². The van der Waals surface area contributed by atoms with Gasteiger partial charge in [0.1, 0.15) is 22.0 Å². The number of thiophene rings is 1. The molecular weight excluding hydrogens is 717 g/mol. The topological polar surface area (TPSA) is 128 Å². The highest BCUT2D eigenvalue weighted by Gasteiger charge is 2.38. The van der Waals surface area contributed by atoms with Gasteiger partial charge in [-0.15, -0.1) is 11.3 Å². The average molecular weight is 750 g/mol. The Morgan fingerprint density at radius 3 is 2.48 bits per heavy atom. The molecule has 0 radical (unpaired) electrons. The van der Waals surface area contributed by atoms with Gasteiger partial charge in [0, 0.05) is 33.8 Å². The number of aromatic carboxylic acids is 1. The summed E-state index contributed by atoms with van der Waals surface area (Å²) in [6, 6.07) is 11.0. The maximum atomic E-state index is 13.8. The second-order valence-electron chi connectivity index (χ2n) is 12.0. The maximum Gasteiger partial charge on any atom is 0.416 e. The van der Waals surface area contributed by atoms with Crippen molar-refractivity contribution in [3.63, 3.8) is 0 Å². The summed E-state index contributed by atoms with van der Waals surface area (Å²) < 4.78 is 42.9. The van der Waals surface area contributed by atoms with Crippen LogP contribution in [0, 0.1) is 5.92 Å². The first-order valence-electron chi connectivity index (χ1n) is 15.7. The van der Waals surface area contributed by atoms with Gasteiger partial charge in [0.15, 0.2) is 11.5 Å². The summed E-state index contributed by atoms with van der Waals surface area (Å²) in [5.41, 5.74) is 1.12. The number of carbonyl (C=O) groups excluding carboxylic acids is 2. The molecule has 3 saturated heterocycles. The number of alkyl halides is 2. The Bertz CT molecular complexity index is 1840. The van der Waals surface area contributed by atoms with Crippen molar-refractivity contribution in [2.75, 3.05) is 31.6 Å². The molecule has 264 valence electrons. The van der Waals surface area contributed by atoms with Crippen molar-refractivity contribution in [1.29, 1.82) is 0 Å². The van der Waals surface area contributed by atoms with Gasteiger partial charge in [-0.1, -0.05) is 35.3 Å². The van der Waals surface area contributed by atoms with Crippen LogP contribution in [-0.2, 0) is 17.7 Å². The maximum absolute atomic E-state index is 13.8. The van der Waals surface area contributed by atoms with Crippen LogP contribution in [0.15, 0.2) is 61.1 Å². The van der Waals surface area contributed by atoms with Crippen LogP contribution in [0.3, 0.4) is 0 Å². The predicted molar refractivity (Wildman–Crippen MR) is 178 cm³/mol. The number of amides is 1. The number of benzene rings is 1. The summed E-state index contributed by atoms with van der Waals surface area (Å²) in [5.74, 6) is -1.94. The van der Waals surface area contributed by atoms with Crippen LogP contribution < -0.4 is 24.2 Å². The molecule has 3 aliphatic heterocycles. The molecule has 2 atom stereocenters. The number of ether oxygens (including phenoxy) is 3. The van der Waals surface area contributed by atoms with Crippen LogP contribution in [0.2, 0.25) is 10.0 Å². The van der Waals surface area contributed by atoms with Gasteiger partial charge in [-0.2, -0.15) is 8.78 Å². The lowest BCUT2D eigenvalue weighted by molar-refractivity contribution is -0.904. The molecule has 0 aliphatic carbocycles. The molecule has 1 amide bonds. The van der Waals surface area contributed by atoms with Crippen LogP contribution in [0.1, 0.15) is 50.0 Å². The number of pyridine rings is 2. The van der Waals surface area contributed by atoms with Gasteiger partial charge in [0.25, 0.3) is 0 Å². The number of piperidine rings is 3. The zero-order valence-electron chi connectivity index (χ0n) is 26.6. The highest BCUT2D eigenvalue weighted by Crippen LogP contribution is 2.41. The van der Waals surface area contributed by atoms with Crippen LogP contribution in [0.4, 0.5) is 19.4 Å². The molecule has 3 aliphatic rings. The van der Waals surface area contributed by atoms with E-state index in [2.05, 4.69) is 14.6 Å². The second kappa shape index (κ2) is 15.3. The molecule has 0 saturated carbocycles. The fourth-order valence-electron chi connectivity index (χ4n) is 6.54. The van der Waals surface area contributed by atoms with Gasteiger partial charge >= 0.3 is 12.7 Å². The highest BCUT2D eigenvalue weighted by atomic mass is 35.5. The van der Waals surface area contributed by atoms with E-state index in [1.54, 1.807) is 30.5 Å². The second-order valence-corrected chi connectivity index (χ2v) is 13.9. The minimum Gasteiger partial charge on any atom is -0.544 e. The summed E-state index contributed by atoms with van der Waals surface area (Å²) in [5, 5.41) is 22.8. The van der Waals surface area contributed by atoms with E-state index in [-0.39, 0.29) is 57.0 Å². The third-order valence-corrected chi connectivity index (χ3v) is 10.7. The molecule has 0 unspecified atom stereocenters. The van der Waals surface area contributed by atoms with E-state index in [1.165, 1.54) is 42.6 Å². The first-order valence-corrected chi connectivity index (χ1v) is 17.2. The van der Waals surface area contributed by atoms with Gasteiger partial charge in [-0.3, -0.25) is 15.0 Å². The van der Waals surface area contributed by atoms with Gasteiger partial charge in [-0.05, 0) is 79.7 Å². The smallest absolute Gasteiger partial charge is 0.416 e. The Morgan fingerprint density at radius 1 is 1.14 bits per heavy atom. The summed E-state index contributed by atoms with van der Waals surface area (Å²) >= 11 is 13.9. The van der Waals surface area contributed by atoms with Crippen molar-refractivity contribution in [2.24, 2.45) is 5.92 Å². The zero-order valence-corrected chi connectivity index (χ0v) is 29.0. The Kier molecular flexibility index (Phi) is 10.9. The van der Waals surface area contributed by atoms with Gasteiger partial charge in [0.2, 0.25) is 12.4 Å². The van der Waals surface area contributed by atoms with Crippen molar-refractivity contribution in [1.82, 2.24) is 9.88 Å². The monoisotopic (exact) mass is 748 g/mol. The molecule has 4 aromatic rings. The van der Waals surface area contributed by atoms with Crippen molar-refractivity contribution in [2.45, 2.75) is 44.4 Å². The fourth-order valence-corrected chi connectivity index (χ4v) is 8.19. The summed E-state index contributed by atoms with van der Waals surface area (Å²) in [7, 11) is 1.29. The molecule has 3 fully saturated rings.